The van der Waals surface area contributed by atoms with E-state index in [9.17, 15) is 19.2 Å². The highest BCUT2D eigenvalue weighted by atomic mass is 16.5. The highest BCUT2D eigenvalue weighted by molar-refractivity contribution is 6.08. The van der Waals surface area contributed by atoms with Crippen molar-refractivity contribution in [1.82, 2.24) is 25.4 Å². The fourth-order valence-electron chi connectivity index (χ4n) is 5.09. The number of fused-ring (bicyclic) bond motifs is 2. The third kappa shape index (κ3) is 3.90. The number of urea groups is 2. The number of hydrogen-bond donors (Lipinski definition) is 3. The minimum Gasteiger partial charge on any atom is -0.497 e. The predicted molar refractivity (Wildman–Crippen MR) is 132 cm³/mol. The number of benzene rings is 1. The van der Waals surface area contributed by atoms with Gasteiger partial charge in [0.15, 0.2) is 5.54 Å². The van der Waals surface area contributed by atoms with Gasteiger partial charge in [-0.3, -0.25) is 19.9 Å². The minimum atomic E-state index is -1.61. The van der Waals surface area contributed by atoms with E-state index in [4.69, 9.17) is 9.15 Å². The Labute approximate surface area is 216 Å². The molecule has 12 heteroatoms. The predicted octanol–water partition coefficient (Wildman–Crippen LogP) is 1.96. The largest absolute Gasteiger partial charge is 0.497 e. The summed E-state index contributed by atoms with van der Waals surface area (Å²) in [5, 5.41) is 7.79. The van der Waals surface area contributed by atoms with Crippen molar-refractivity contribution in [3.8, 4) is 5.75 Å². The van der Waals surface area contributed by atoms with Gasteiger partial charge >= 0.3 is 12.1 Å². The highest BCUT2D eigenvalue weighted by Gasteiger charge is 2.53. The Kier molecular flexibility index (Phi) is 5.51. The van der Waals surface area contributed by atoms with Gasteiger partial charge in [-0.2, -0.15) is 0 Å². The fraction of sp³-hybridized carbons (Fsp3) is 0.269. The van der Waals surface area contributed by atoms with Gasteiger partial charge in [0.2, 0.25) is 0 Å². The number of ether oxygens (including phenoxy) is 1. The first-order chi connectivity index (χ1) is 18.4. The monoisotopic (exact) mass is 516 g/mol. The van der Waals surface area contributed by atoms with Gasteiger partial charge in [-0.15, -0.1) is 0 Å². The molecular formula is C26H24N6O6. The number of hydrogen-bond acceptors (Lipinski definition) is 7. The summed E-state index contributed by atoms with van der Waals surface area (Å²) in [4.78, 5) is 58.6. The third-order valence-electron chi connectivity index (χ3n) is 7.05. The molecule has 194 valence electrons. The number of pyridine rings is 1. The smallest absolute Gasteiger partial charge is 0.322 e. The zero-order valence-electron chi connectivity index (χ0n) is 20.4. The summed E-state index contributed by atoms with van der Waals surface area (Å²) in [6, 6.07) is 9.43. The van der Waals surface area contributed by atoms with Crippen molar-refractivity contribution in [3.05, 3.63) is 77.0 Å². The van der Waals surface area contributed by atoms with Crippen LogP contribution in [-0.2, 0) is 29.8 Å². The van der Waals surface area contributed by atoms with E-state index in [0.29, 0.717) is 35.7 Å². The molecule has 1 atom stereocenters. The number of aromatic nitrogens is 1. The van der Waals surface area contributed by atoms with E-state index in [0.717, 1.165) is 11.1 Å². The molecule has 12 nitrogen and oxygen atoms in total. The SMILES string of the molecule is COc1ccc2c(c1)C(=O)N(CC1(c3cc4c(o3)CCN(C(=O)Nc3cccnc3)C4)NC(=O)NC1=O)C2. The Balaban J connectivity index is 1.26. The molecule has 3 N–H and O–H groups in total. The van der Waals surface area contributed by atoms with Gasteiger partial charge in [0.05, 0.1) is 32.1 Å². The molecule has 3 aliphatic heterocycles. The van der Waals surface area contributed by atoms with Crippen LogP contribution in [0.3, 0.4) is 0 Å². The Hall–Kier alpha value is -4.87. The summed E-state index contributed by atoms with van der Waals surface area (Å²) >= 11 is 0. The topological polar surface area (TPSA) is 146 Å². The normalized spacial score (nSPS) is 20.1. The van der Waals surface area contributed by atoms with Gasteiger partial charge in [0, 0.05) is 36.8 Å². The molecule has 5 heterocycles. The van der Waals surface area contributed by atoms with Gasteiger partial charge in [0.1, 0.15) is 17.3 Å². The zero-order valence-corrected chi connectivity index (χ0v) is 20.4. The zero-order chi connectivity index (χ0) is 26.4. The molecule has 1 fully saturated rings. The number of methoxy groups -OCH3 is 1. The van der Waals surface area contributed by atoms with Gasteiger partial charge in [-0.05, 0) is 35.9 Å². The second kappa shape index (κ2) is 8.91. The van der Waals surface area contributed by atoms with Crippen molar-refractivity contribution in [3.63, 3.8) is 0 Å². The molecule has 0 aliphatic carbocycles. The molecule has 1 aromatic carbocycles. The van der Waals surface area contributed by atoms with E-state index in [1.807, 2.05) is 6.07 Å². The van der Waals surface area contributed by atoms with Crippen LogP contribution in [0.15, 0.2) is 53.2 Å². The number of imide groups is 1. The maximum atomic E-state index is 13.2. The number of amides is 6. The molecule has 0 bridgehead atoms. The Bertz CT molecular complexity index is 1470. The second-order valence-electron chi connectivity index (χ2n) is 9.40. The van der Waals surface area contributed by atoms with Crippen LogP contribution in [0.5, 0.6) is 5.75 Å². The molecule has 1 saturated heterocycles. The molecule has 3 aromatic rings. The maximum Gasteiger partial charge on any atom is 0.322 e. The maximum absolute atomic E-state index is 13.2. The first kappa shape index (κ1) is 23.5. The summed E-state index contributed by atoms with van der Waals surface area (Å²) < 4.78 is 11.4. The molecular weight excluding hydrogens is 492 g/mol. The number of nitrogens with one attached hydrogen (secondary N) is 3. The molecule has 3 aliphatic rings. The van der Waals surface area contributed by atoms with Crippen molar-refractivity contribution >= 4 is 29.6 Å². The Morgan fingerprint density at radius 2 is 2.05 bits per heavy atom. The van der Waals surface area contributed by atoms with Gasteiger partial charge in [0.25, 0.3) is 11.8 Å². The summed E-state index contributed by atoms with van der Waals surface area (Å²) in [5.41, 5.74) is 0.970. The van der Waals surface area contributed by atoms with Crippen LogP contribution in [0.2, 0.25) is 0 Å². The summed E-state index contributed by atoms with van der Waals surface area (Å²) in [7, 11) is 1.52. The summed E-state index contributed by atoms with van der Waals surface area (Å²) in [5.74, 6) is 0.500. The molecule has 6 rings (SSSR count). The molecule has 2 aromatic heterocycles. The molecule has 0 saturated carbocycles. The first-order valence-corrected chi connectivity index (χ1v) is 12.0. The van der Waals surface area contributed by atoms with E-state index in [1.54, 1.807) is 47.6 Å². The Morgan fingerprint density at radius 1 is 1.18 bits per heavy atom. The third-order valence-corrected chi connectivity index (χ3v) is 7.05. The molecule has 6 amide bonds. The number of carbonyl (C=O) groups is 4. The van der Waals surface area contributed by atoms with Crippen LogP contribution in [0.1, 0.15) is 33.0 Å². The molecule has 1 unspecified atom stereocenters. The van der Waals surface area contributed by atoms with Crippen molar-refractivity contribution in [1.29, 1.82) is 0 Å². The highest BCUT2D eigenvalue weighted by Crippen LogP contribution is 2.35. The second-order valence-corrected chi connectivity index (χ2v) is 9.40. The molecule has 38 heavy (non-hydrogen) atoms. The average molecular weight is 517 g/mol. The number of anilines is 1. The minimum absolute atomic E-state index is 0.127. The lowest BCUT2D eigenvalue weighted by Crippen LogP contribution is -2.52. The number of furan rings is 1. The van der Waals surface area contributed by atoms with Crippen molar-refractivity contribution < 1.29 is 28.3 Å². The number of rotatable bonds is 5. The lowest BCUT2D eigenvalue weighted by molar-refractivity contribution is -0.125. The Morgan fingerprint density at radius 3 is 2.79 bits per heavy atom. The van der Waals surface area contributed by atoms with Crippen LogP contribution in [0.25, 0.3) is 0 Å². The van der Waals surface area contributed by atoms with E-state index in [1.165, 1.54) is 12.0 Å². The summed E-state index contributed by atoms with van der Waals surface area (Å²) in [6.07, 6.45) is 3.60. The lowest BCUT2D eigenvalue weighted by Gasteiger charge is -2.29. The van der Waals surface area contributed by atoms with Crippen LogP contribution in [0.4, 0.5) is 15.3 Å². The van der Waals surface area contributed by atoms with Crippen molar-refractivity contribution in [2.24, 2.45) is 0 Å². The van der Waals surface area contributed by atoms with E-state index < -0.39 is 17.5 Å². The number of carbonyl (C=O) groups excluding carboxylic acids is 4. The van der Waals surface area contributed by atoms with Gasteiger partial charge in [-0.25, -0.2) is 9.59 Å². The van der Waals surface area contributed by atoms with E-state index in [2.05, 4.69) is 20.9 Å². The quantitative estimate of drug-likeness (QED) is 0.440. The van der Waals surface area contributed by atoms with Crippen molar-refractivity contribution in [2.75, 3.05) is 25.5 Å². The van der Waals surface area contributed by atoms with Gasteiger partial charge in [-0.1, -0.05) is 6.07 Å². The van der Waals surface area contributed by atoms with E-state index >= 15 is 0 Å². The van der Waals surface area contributed by atoms with Crippen LogP contribution in [0, 0.1) is 0 Å². The number of nitrogens with zero attached hydrogens (tertiary/aromatic N) is 3. The standard InChI is InChI=1S/C26H24N6O6/c1-37-18-5-4-15-12-32(22(33)19(15)10-18)14-26(23(34)29-24(35)30-26)21-9-16-13-31(8-6-20(16)38-21)25(36)28-17-3-2-7-27-11-17/h2-5,7,9-11H,6,8,12-14H2,1H3,(H,28,36)(H2,29,30,34,35). The average Bonchev–Trinajstić information content (AvgIpc) is 3.57. The van der Waals surface area contributed by atoms with Crippen LogP contribution >= 0.6 is 0 Å². The van der Waals surface area contributed by atoms with Crippen molar-refractivity contribution in [2.45, 2.75) is 25.0 Å². The molecule has 0 spiro atoms. The van der Waals surface area contributed by atoms with E-state index in [-0.39, 0.29) is 37.3 Å². The first-order valence-electron chi connectivity index (χ1n) is 12.0. The van der Waals surface area contributed by atoms with Crippen LogP contribution in [-0.4, -0.2) is 58.9 Å². The van der Waals surface area contributed by atoms with Crippen LogP contribution < -0.4 is 20.7 Å². The fourth-order valence-corrected chi connectivity index (χ4v) is 5.09. The molecule has 0 radical (unpaired) electrons. The summed E-state index contributed by atoms with van der Waals surface area (Å²) in [6.45, 7) is 0.799. The lowest BCUT2D eigenvalue weighted by atomic mass is 9.94. The van der Waals surface area contributed by atoms with Gasteiger partial charge < -0.3 is 29.6 Å².